The number of nitrogens with zero attached hydrogens (tertiary/aromatic N) is 4. The first-order valence-corrected chi connectivity index (χ1v) is 11.8. The van der Waals surface area contributed by atoms with E-state index in [9.17, 15) is 0 Å². The van der Waals surface area contributed by atoms with Crippen LogP contribution in [-0.4, -0.2) is 67.0 Å². The summed E-state index contributed by atoms with van der Waals surface area (Å²) in [6, 6.07) is 0. The second-order valence-corrected chi connectivity index (χ2v) is 10.7. The van der Waals surface area contributed by atoms with Crippen molar-refractivity contribution in [2.75, 3.05) is 51.8 Å². The van der Waals surface area contributed by atoms with E-state index in [0.717, 1.165) is 72.9 Å². The van der Waals surface area contributed by atoms with Gasteiger partial charge in [0.25, 0.3) is 0 Å². The van der Waals surface area contributed by atoms with Gasteiger partial charge in [0.15, 0.2) is 0 Å². The van der Waals surface area contributed by atoms with Gasteiger partial charge in [0.1, 0.15) is 22.5 Å². The summed E-state index contributed by atoms with van der Waals surface area (Å²) in [7, 11) is 2.03. The van der Waals surface area contributed by atoms with Crippen molar-refractivity contribution >= 4 is 32.9 Å². The van der Waals surface area contributed by atoms with Crippen LogP contribution in [-0.2, 0) is 4.74 Å². The van der Waals surface area contributed by atoms with Gasteiger partial charge in [-0.05, 0) is 32.2 Å². The first kappa shape index (κ1) is 20.3. The van der Waals surface area contributed by atoms with Crippen molar-refractivity contribution in [2.45, 2.75) is 39.3 Å². The van der Waals surface area contributed by atoms with E-state index in [2.05, 4.69) is 41.3 Å². The van der Waals surface area contributed by atoms with Crippen LogP contribution in [0.1, 0.15) is 33.6 Å². The predicted molar refractivity (Wildman–Crippen MR) is 121 cm³/mol. The Morgan fingerprint density at radius 2 is 2.03 bits per heavy atom. The van der Waals surface area contributed by atoms with E-state index >= 15 is 0 Å². The van der Waals surface area contributed by atoms with Gasteiger partial charge in [0.05, 0.1) is 23.4 Å². The van der Waals surface area contributed by atoms with E-state index in [1.54, 1.807) is 17.7 Å². The summed E-state index contributed by atoms with van der Waals surface area (Å²) in [5.41, 5.74) is 2.62. The minimum atomic E-state index is -0.256. The maximum Gasteiger partial charge on any atom is 0.147 e. The molecule has 2 unspecified atom stereocenters. The summed E-state index contributed by atoms with van der Waals surface area (Å²) in [4.78, 5) is 16.9. The fraction of sp³-hybridized carbons (Fsp3) is 0.682. The van der Waals surface area contributed by atoms with Crippen molar-refractivity contribution in [3.8, 4) is 0 Å². The van der Waals surface area contributed by atoms with E-state index < -0.39 is 0 Å². The van der Waals surface area contributed by atoms with Gasteiger partial charge < -0.3 is 10.1 Å². The molecule has 0 amide bonds. The molecule has 1 aliphatic carbocycles. The molecule has 162 valence electrons. The smallest absolute Gasteiger partial charge is 0.147 e. The molecule has 30 heavy (non-hydrogen) atoms. The molecule has 1 saturated heterocycles. The van der Waals surface area contributed by atoms with Crippen LogP contribution < -0.4 is 20.5 Å². The topological polar surface area (TPSA) is 74.7 Å². The Morgan fingerprint density at radius 3 is 2.80 bits per heavy atom. The number of fused-ring (bicyclic) bond motifs is 4. The second kappa shape index (κ2) is 7.51. The zero-order chi connectivity index (χ0) is 20.9. The molecular weight excluding hydrogens is 396 g/mol. The van der Waals surface area contributed by atoms with E-state index in [-0.39, 0.29) is 11.1 Å². The molecule has 8 heteroatoms. The predicted octanol–water partition coefficient (Wildman–Crippen LogP) is 1.59. The average Bonchev–Trinajstić information content (AvgIpc) is 3.26. The third kappa shape index (κ3) is 3.43. The summed E-state index contributed by atoms with van der Waals surface area (Å²) in [5.74, 6) is 1.35. The lowest BCUT2D eigenvalue weighted by molar-refractivity contribution is 0.0398. The molecule has 2 atom stereocenters. The number of rotatable bonds is 5. The monoisotopic (exact) mass is 428 g/mol. The van der Waals surface area contributed by atoms with Crippen molar-refractivity contribution in [3.63, 3.8) is 0 Å². The van der Waals surface area contributed by atoms with Gasteiger partial charge in [-0.25, -0.2) is 9.97 Å². The van der Waals surface area contributed by atoms with Crippen molar-refractivity contribution in [1.29, 1.82) is 0 Å². The maximum atomic E-state index is 5.44. The molecule has 0 bridgehead atoms. The van der Waals surface area contributed by atoms with Crippen molar-refractivity contribution in [3.05, 3.63) is 16.2 Å². The third-order valence-corrected chi connectivity index (χ3v) is 8.04. The fourth-order valence-electron chi connectivity index (χ4n) is 5.26. The molecule has 2 aromatic heterocycles. The standard InChI is InChI=1S/C22H32N6OS/c1-21(2)11-14-15(12-21)22(3,23-4)27-20-16(14)17-18(30-20)19(26-13-25-17)24-5-6-28-7-9-29-10-8-28/h13,15,23H,5-12H2,1-4H3,(H,24,25,26). The molecule has 2 N–H and O–H groups in total. The quantitative estimate of drug-likeness (QED) is 0.753. The lowest BCUT2D eigenvalue weighted by atomic mass is 9.85. The van der Waals surface area contributed by atoms with Crippen LogP contribution in [0.2, 0.25) is 0 Å². The van der Waals surface area contributed by atoms with Gasteiger partial charge in [-0.15, -0.1) is 11.3 Å². The van der Waals surface area contributed by atoms with Gasteiger partial charge in [-0.2, -0.15) is 0 Å². The minimum Gasteiger partial charge on any atom is -0.379 e. The van der Waals surface area contributed by atoms with Gasteiger partial charge in [0, 0.05) is 37.3 Å². The molecular formula is C22H32N6OS. The Morgan fingerprint density at radius 1 is 1.23 bits per heavy atom. The van der Waals surface area contributed by atoms with E-state index in [4.69, 9.17) is 14.7 Å². The highest BCUT2D eigenvalue weighted by Gasteiger charge is 2.47. The van der Waals surface area contributed by atoms with Crippen LogP contribution in [0, 0.1) is 11.3 Å². The zero-order valence-corrected chi connectivity index (χ0v) is 19.2. The molecule has 4 heterocycles. The number of anilines is 1. The third-order valence-electron chi connectivity index (χ3n) is 6.96. The lowest BCUT2D eigenvalue weighted by Crippen LogP contribution is -2.51. The fourth-order valence-corrected chi connectivity index (χ4v) is 6.49. The van der Waals surface area contributed by atoms with Crippen molar-refractivity contribution in [1.82, 2.24) is 20.2 Å². The first-order valence-electron chi connectivity index (χ1n) is 11.0. The number of nitrogens with one attached hydrogen (secondary N) is 2. The Labute approximate surface area is 181 Å². The van der Waals surface area contributed by atoms with Crippen LogP contribution in [0.25, 0.3) is 15.8 Å². The Bertz CT molecular complexity index is 1070. The molecule has 3 aliphatic rings. The molecule has 0 radical (unpaired) electrons. The Hall–Kier alpha value is -1.61. The number of morpholine rings is 1. The van der Waals surface area contributed by atoms with Crippen LogP contribution in [0.5, 0.6) is 0 Å². The number of aromatic nitrogens is 2. The molecule has 5 rings (SSSR count). The molecule has 2 fully saturated rings. The van der Waals surface area contributed by atoms with Crippen LogP contribution >= 0.6 is 11.3 Å². The molecule has 0 aromatic carbocycles. The highest BCUT2D eigenvalue weighted by molar-refractivity contribution is 7.17. The number of hydrogen-bond acceptors (Lipinski definition) is 8. The molecule has 7 nitrogen and oxygen atoms in total. The van der Waals surface area contributed by atoms with Crippen molar-refractivity contribution in [2.24, 2.45) is 16.3 Å². The summed E-state index contributed by atoms with van der Waals surface area (Å²) >= 11 is 1.73. The molecule has 2 aromatic rings. The zero-order valence-electron chi connectivity index (χ0n) is 18.4. The normalized spacial score (nSPS) is 28.3. The average molecular weight is 429 g/mol. The summed E-state index contributed by atoms with van der Waals surface area (Å²) in [6.45, 7) is 12.5. The van der Waals surface area contributed by atoms with Crippen LogP contribution in [0.15, 0.2) is 11.3 Å². The van der Waals surface area contributed by atoms with E-state index in [0.29, 0.717) is 5.92 Å². The van der Waals surface area contributed by atoms with E-state index in [1.165, 1.54) is 10.8 Å². The van der Waals surface area contributed by atoms with Crippen LogP contribution in [0.4, 0.5) is 5.82 Å². The highest BCUT2D eigenvalue weighted by atomic mass is 32.1. The Balaban J connectivity index is 1.53. The minimum absolute atomic E-state index is 0.256. The van der Waals surface area contributed by atoms with E-state index in [1.807, 2.05) is 7.05 Å². The first-order chi connectivity index (χ1) is 14.4. The highest BCUT2D eigenvalue weighted by Crippen LogP contribution is 2.50. The Kier molecular flexibility index (Phi) is 5.08. The second-order valence-electron chi connectivity index (χ2n) is 9.70. The largest absolute Gasteiger partial charge is 0.379 e. The molecule has 2 aliphatic heterocycles. The van der Waals surface area contributed by atoms with Gasteiger partial charge in [-0.3, -0.25) is 15.2 Å². The van der Waals surface area contributed by atoms with Gasteiger partial charge in [0.2, 0.25) is 0 Å². The number of ether oxygens (including phenoxy) is 1. The maximum absolute atomic E-state index is 5.44. The van der Waals surface area contributed by atoms with Crippen molar-refractivity contribution < 1.29 is 4.74 Å². The molecule has 1 saturated carbocycles. The summed E-state index contributed by atoms with van der Waals surface area (Å²) < 4.78 is 7.67. The van der Waals surface area contributed by atoms with Gasteiger partial charge >= 0.3 is 0 Å². The SMILES string of the molecule is CNC1(C)N=c2sc3c(NCCN4CCOCC4)ncnc3c2=C2CC(C)(C)CC21. The number of hydrogen-bond donors (Lipinski definition) is 2. The summed E-state index contributed by atoms with van der Waals surface area (Å²) in [5, 5.41) is 8.35. The number of thiophene rings is 1. The lowest BCUT2D eigenvalue weighted by Gasteiger charge is -2.34. The van der Waals surface area contributed by atoms with Crippen LogP contribution in [0.3, 0.4) is 0 Å². The molecule has 0 spiro atoms. The van der Waals surface area contributed by atoms with Gasteiger partial charge in [-0.1, -0.05) is 19.4 Å². The summed E-state index contributed by atoms with van der Waals surface area (Å²) in [6.07, 6.45) is 3.96.